The van der Waals surface area contributed by atoms with Gasteiger partial charge in [-0.1, -0.05) is 12.1 Å². The molecule has 0 amide bonds. The molecule has 1 atom stereocenters. The first-order valence-corrected chi connectivity index (χ1v) is 10.9. The summed E-state index contributed by atoms with van der Waals surface area (Å²) in [5.74, 6) is 1.89. The topological polar surface area (TPSA) is 52.1 Å². The molecule has 6 nitrogen and oxygen atoms in total. The minimum absolute atomic E-state index is 0. The number of fused-ring (bicyclic) bond motifs is 3. The lowest BCUT2D eigenvalue weighted by atomic mass is 10.1. The number of piperazine rings is 3. The summed E-state index contributed by atoms with van der Waals surface area (Å²) in [5.41, 5.74) is 2.45. The highest BCUT2D eigenvalue weighted by atomic mass is 127. The maximum Gasteiger partial charge on any atom is 0.191 e. The normalized spacial score (nSPS) is 26.8. The lowest BCUT2D eigenvalue weighted by molar-refractivity contribution is 0.0154. The number of hydrogen-bond donors (Lipinski definition) is 2. The lowest BCUT2D eigenvalue weighted by Gasteiger charge is -2.47. The molecule has 3 aliphatic heterocycles. The largest absolute Gasteiger partial charge is 0.490 e. The van der Waals surface area contributed by atoms with Crippen LogP contribution in [0.15, 0.2) is 23.2 Å². The summed E-state index contributed by atoms with van der Waals surface area (Å²) >= 11 is 0. The number of guanidine groups is 1. The molecule has 4 fully saturated rings. The molecule has 0 spiro atoms. The summed E-state index contributed by atoms with van der Waals surface area (Å²) < 4.78 is 6.33. The second-order valence-electron chi connectivity index (χ2n) is 8.43. The molecule has 1 aliphatic carbocycles. The lowest BCUT2D eigenvalue weighted by Crippen LogP contribution is -2.63. The van der Waals surface area contributed by atoms with Gasteiger partial charge >= 0.3 is 0 Å². The summed E-state index contributed by atoms with van der Waals surface area (Å²) in [4.78, 5) is 9.60. The molecule has 5 rings (SSSR count). The van der Waals surface area contributed by atoms with Crippen molar-refractivity contribution in [3.05, 3.63) is 29.3 Å². The SMILES string of the molecule is CN=C(NCc1ccc(C)cc1OC1CCCC1)NCC1CN2CCN1CC2.I. The number of aryl methyl sites for hydroxylation is 1. The van der Waals surface area contributed by atoms with E-state index in [4.69, 9.17) is 4.74 Å². The zero-order valence-corrected chi connectivity index (χ0v) is 20.2. The van der Waals surface area contributed by atoms with Gasteiger partial charge in [0, 0.05) is 64.5 Å². The number of hydrogen-bond acceptors (Lipinski definition) is 4. The van der Waals surface area contributed by atoms with Gasteiger partial charge < -0.3 is 15.4 Å². The summed E-state index contributed by atoms with van der Waals surface area (Å²) in [6.45, 7) is 9.80. The molecular formula is C22H36IN5O. The fraction of sp³-hybridized carbons (Fsp3) is 0.682. The fourth-order valence-corrected chi connectivity index (χ4v) is 4.64. The van der Waals surface area contributed by atoms with Crippen LogP contribution >= 0.6 is 24.0 Å². The predicted octanol–water partition coefficient (Wildman–Crippen LogP) is 2.60. The van der Waals surface area contributed by atoms with Gasteiger partial charge in [-0.15, -0.1) is 24.0 Å². The van der Waals surface area contributed by atoms with E-state index in [1.807, 2.05) is 7.05 Å². The molecule has 29 heavy (non-hydrogen) atoms. The van der Waals surface area contributed by atoms with Crippen molar-refractivity contribution in [1.82, 2.24) is 20.4 Å². The van der Waals surface area contributed by atoms with Crippen LogP contribution in [-0.2, 0) is 6.54 Å². The van der Waals surface area contributed by atoms with Crippen molar-refractivity contribution in [2.45, 2.75) is 51.3 Å². The molecule has 1 unspecified atom stereocenters. The van der Waals surface area contributed by atoms with Crippen LogP contribution in [0.4, 0.5) is 0 Å². The third-order valence-corrected chi connectivity index (χ3v) is 6.39. The van der Waals surface area contributed by atoms with Gasteiger partial charge in [0.1, 0.15) is 5.75 Å². The quantitative estimate of drug-likeness (QED) is 0.348. The van der Waals surface area contributed by atoms with Crippen LogP contribution in [0.2, 0.25) is 0 Å². The molecule has 3 heterocycles. The molecule has 2 N–H and O–H groups in total. The highest BCUT2D eigenvalue weighted by Crippen LogP contribution is 2.27. The Morgan fingerprint density at radius 1 is 1.14 bits per heavy atom. The summed E-state index contributed by atoms with van der Waals surface area (Å²) in [5, 5.41) is 7.01. The number of rotatable bonds is 6. The molecule has 1 aromatic carbocycles. The smallest absolute Gasteiger partial charge is 0.191 e. The molecule has 0 aromatic heterocycles. The van der Waals surface area contributed by atoms with Gasteiger partial charge in [-0.25, -0.2) is 0 Å². The third-order valence-electron chi connectivity index (χ3n) is 6.39. The number of nitrogens with zero attached hydrogens (tertiary/aromatic N) is 3. The van der Waals surface area contributed by atoms with E-state index in [1.165, 1.54) is 69.5 Å². The number of ether oxygens (including phenoxy) is 1. The zero-order chi connectivity index (χ0) is 19.3. The van der Waals surface area contributed by atoms with Crippen molar-refractivity contribution < 1.29 is 4.74 Å². The number of aliphatic imine (C=N–C) groups is 1. The molecular weight excluding hydrogens is 477 g/mol. The highest BCUT2D eigenvalue weighted by molar-refractivity contribution is 14.0. The average Bonchev–Trinajstić information content (AvgIpc) is 3.23. The van der Waals surface area contributed by atoms with E-state index >= 15 is 0 Å². The first-order chi connectivity index (χ1) is 13.7. The Kier molecular flexibility index (Phi) is 8.44. The predicted molar refractivity (Wildman–Crippen MR) is 129 cm³/mol. The standard InChI is InChI=1S/C22H35N5O.HI/c1-17-7-8-18(21(13-17)28-20-5-3-4-6-20)14-24-22(23-2)25-15-19-16-26-9-11-27(19)12-10-26;/h7-8,13,19-20H,3-6,9-12,14-16H2,1-2H3,(H2,23,24,25);1H. The van der Waals surface area contributed by atoms with Gasteiger partial charge in [-0.3, -0.25) is 14.8 Å². The van der Waals surface area contributed by atoms with Gasteiger partial charge in [0.2, 0.25) is 0 Å². The Bertz CT molecular complexity index is 684. The van der Waals surface area contributed by atoms with Gasteiger partial charge in [0.25, 0.3) is 0 Å². The van der Waals surface area contributed by atoms with Crippen molar-refractivity contribution in [2.75, 3.05) is 46.3 Å². The molecule has 0 radical (unpaired) electrons. The van der Waals surface area contributed by atoms with Gasteiger partial charge in [-0.2, -0.15) is 0 Å². The van der Waals surface area contributed by atoms with E-state index in [1.54, 1.807) is 0 Å². The minimum atomic E-state index is 0. The zero-order valence-electron chi connectivity index (χ0n) is 17.8. The van der Waals surface area contributed by atoms with E-state index in [0.29, 0.717) is 12.1 Å². The summed E-state index contributed by atoms with van der Waals surface area (Å²) in [7, 11) is 1.84. The Morgan fingerprint density at radius 3 is 2.55 bits per heavy atom. The van der Waals surface area contributed by atoms with E-state index in [0.717, 1.165) is 24.8 Å². The van der Waals surface area contributed by atoms with E-state index in [9.17, 15) is 0 Å². The van der Waals surface area contributed by atoms with Crippen molar-refractivity contribution in [3.8, 4) is 5.75 Å². The van der Waals surface area contributed by atoms with Gasteiger partial charge in [-0.05, 0) is 44.2 Å². The monoisotopic (exact) mass is 513 g/mol. The van der Waals surface area contributed by atoms with E-state index in [-0.39, 0.29) is 24.0 Å². The van der Waals surface area contributed by atoms with Crippen molar-refractivity contribution in [1.29, 1.82) is 0 Å². The fourth-order valence-electron chi connectivity index (χ4n) is 4.64. The van der Waals surface area contributed by atoms with Crippen LogP contribution < -0.4 is 15.4 Å². The van der Waals surface area contributed by atoms with Crippen LogP contribution in [-0.4, -0.2) is 74.2 Å². The Labute approximate surface area is 192 Å². The molecule has 4 aliphatic rings. The van der Waals surface area contributed by atoms with Crippen molar-refractivity contribution in [3.63, 3.8) is 0 Å². The second-order valence-corrected chi connectivity index (χ2v) is 8.43. The van der Waals surface area contributed by atoms with Crippen molar-refractivity contribution >= 4 is 29.9 Å². The van der Waals surface area contributed by atoms with Gasteiger partial charge in [0.15, 0.2) is 5.96 Å². The van der Waals surface area contributed by atoms with Crippen LogP contribution in [0.1, 0.15) is 36.8 Å². The number of benzene rings is 1. The van der Waals surface area contributed by atoms with Crippen molar-refractivity contribution in [2.24, 2.45) is 4.99 Å². The Morgan fingerprint density at radius 2 is 1.90 bits per heavy atom. The maximum absolute atomic E-state index is 6.33. The average molecular weight is 513 g/mol. The number of halogens is 1. The van der Waals surface area contributed by atoms with E-state index < -0.39 is 0 Å². The summed E-state index contributed by atoms with van der Waals surface area (Å²) in [6, 6.07) is 7.10. The summed E-state index contributed by atoms with van der Waals surface area (Å²) in [6.07, 6.45) is 5.31. The van der Waals surface area contributed by atoms with Crippen LogP contribution in [0.5, 0.6) is 5.75 Å². The molecule has 1 aromatic rings. The molecule has 2 bridgehead atoms. The molecule has 162 valence electrons. The molecule has 3 saturated heterocycles. The third kappa shape index (κ3) is 5.98. The van der Waals surface area contributed by atoms with Crippen LogP contribution in [0, 0.1) is 6.92 Å². The highest BCUT2D eigenvalue weighted by Gasteiger charge is 2.31. The molecule has 1 saturated carbocycles. The Hall–Kier alpha value is -1.06. The maximum atomic E-state index is 6.33. The minimum Gasteiger partial charge on any atom is -0.490 e. The van der Waals surface area contributed by atoms with Crippen LogP contribution in [0.25, 0.3) is 0 Å². The van der Waals surface area contributed by atoms with E-state index in [2.05, 4.69) is 50.5 Å². The second kappa shape index (κ2) is 10.8. The van der Waals surface area contributed by atoms with Crippen LogP contribution in [0.3, 0.4) is 0 Å². The Balaban J connectivity index is 0.00000240. The molecule has 7 heteroatoms. The first kappa shape index (κ1) is 22.6. The van der Waals surface area contributed by atoms with Gasteiger partial charge in [0.05, 0.1) is 6.10 Å². The first-order valence-electron chi connectivity index (χ1n) is 10.9. The number of nitrogens with one attached hydrogen (secondary N) is 2.